The summed E-state index contributed by atoms with van der Waals surface area (Å²) in [5.74, 6) is -1.72. The van der Waals surface area contributed by atoms with Crippen molar-refractivity contribution < 1.29 is 18.0 Å². The zero-order valence-corrected chi connectivity index (χ0v) is 10.4. The average Bonchev–Trinajstić information content (AvgIpc) is 2.38. The van der Waals surface area contributed by atoms with E-state index in [2.05, 4.69) is 0 Å². The second kappa shape index (κ2) is 5.23. The quantitative estimate of drug-likeness (QED) is 0.877. The molecule has 1 aromatic rings. The number of alkyl halides is 3. The van der Waals surface area contributed by atoms with Crippen molar-refractivity contribution in [3.8, 4) is 0 Å². The predicted molar refractivity (Wildman–Crippen MR) is 65.7 cm³/mol. The minimum absolute atomic E-state index is 0.00213. The SMILES string of the molecule is NC(=O)c1ccccc1[C@H]1CC[C@H](C(F)(F)F)CC1. The lowest BCUT2D eigenvalue weighted by molar-refractivity contribution is -0.182. The van der Waals surface area contributed by atoms with Crippen molar-refractivity contribution in [1.82, 2.24) is 0 Å². The van der Waals surface area contributed by atoms with Crippen LogP contribution in [-0.2, 0) is 0 Å². The van der Waals surface area contributed by atoms with Gasteiger partial charge < -0.3 is 5.73 Å². The van der Waals surface area contributed by atoms with Gasteiger partial charge in [0, 0.05) is 5.56 Å². The predicted octanol–water partition coefficient (Wildman–Crippen LogP) is 3.62. The normalized spacial score (nSPS) is 24.2. The van der Waals surface area contributed by atoms with Crippen molar-refractivity contribution in [1.29, 1.82) is 0 Å². The van der Waals surface area contributed by atoms with E-state index in [0.717, 1.165) is 5.56 Å². The smallest absolute Gasteiger partial charge is 0.366 e. The van der Waals surface area contributed by atoms with E-state index in [1.807, 2.05) is 0 Å². The zero-order chi connectivity index (χ0) is 14.0. The summed E-state index contributed by atoms with van der Waals surface area (Å²) in [7, 11) is 0. The van der Waals surface area contributed by atoms with E-state index >= 15 is 0 Å². The van der Waals surface area contributed by atoms with Gasteiger partial charge in [-0.05, 0) is 43.2 Å². The van der Waals surface area contributed by atoms with E-state index in [9.17, 15) is 18.0 Å². The zero-order valence-electron chi connectivity index (χ0n) is 10.4. The van der Waals surface area contributed by atoms with Crippen molar-refractivity contribution in [3.05, 3.63) is 35.4 Å². The Balaban J connectivity index is 2.12. The Morgan fingerprint density at radius 3 is 2.21 bits per heavy atom. The van der Waals surface area contributed by atoms with Crippen LogP contribution in [0, 0.1) is 5.92 Å². The standard InChI is InChI=1S/C14H16F3NO/c15-14(16,17)10-7-5-9(6-8-10)11-3-1-2-4-12(11)13(18)19/h1-4,9-10H,5-8H2,(H2,18,19)/t9-,10-. The number of hydrogen-bond acceptors (Lipinski definition) is 1. The van der Waals surface area contributed by atoms with E-state index in [-0.39, 0.29) is 18.8 Å². The molecule has 0 saturated heterocycles. The van der Waals surface area contributed by atoms with E-state index in [1.165, 1.54) is 0 Å². The van der Waals surface area contributed by atoms with E-state index in [1.54, 1.807) is 24.3 Å². The summed E-state index contributed by atoms with van der Waals surface area (Å²) >= 11 is 0. The van der Waals surface area contributed by atoms with Crippen molar-refractivity contribution in [2.45, 2.75) is 37.8 Å². The van der Waals surface area contributed by atoms with Crippen molar-refractivity contribution >= 4 is 5.91 Å². The van der Waals surface area contributed by atoms with E-state index in [0.29, 0.717) is 18.4 Å². The molecule has 0 aliphatic heterocycles. The largest absolute Gasteiger partial charge is 0.391 e. The maximum Gasteiger partial charge on any atom is 0.391 e. The second-order valence-electron chi connectivity index (χ2n) is 5.04. The van der Waals surface area contributed by atoms with Crippen LogP contribution >= 0.6 is 0 Å². The van der Waals surface area contributed by atoms with Crippen LogP contribution < -0.4 is 5.73 Å². The molecule has 2 rings (SSSR count). The maximum absolute atomic E-state index is 12.6. The fourth-order valence-corrected chi connectivity index (χ4v) is 2.81. The number of carbonyl (C=O) groups excluding carboxylic acids is 1. The summed E-state index contributed by atoms with van der Waals surface area (Å²) in [5, 5.41) is 0. The van der Waals surface area contributed by atoms with Crippen LogP contribution in [0.15, 0.2) is 24.3 Å². The Hall–Kier alpha value is -1.52. The molecule has 1 aliphatic carbocycles. The Labute approximate surface area is 109 Å². The molecular weight excluding hydrogens is 255 g/mol. The van der Waals surface area contributed by atoms with E-state index < -0.39 is 18.0 Å². The third kappa shape index (κ3) is 3.08. The molecule has 0 bridgehead atoms. The van der Waals surface area contributed by atoms with Gasteiger partial charge in [-0.1, -0.05) is 18.2 Å². The molecular formula is C14H16F3NO. The fraction of sp³-hybridized carbons (Fsp3) is 0.500. The van der Waals surface area contributed by atoms with Crippen LogP contribution in [0.3, 0.4) is 0 Å². The summed E-state index contributed by atoms with van der Waals surface area (Å²) in [5.41, 5.74) is 6.52. The topological polar surface area (TPSA) is 43.1 Å². The first-order valence-corrected chi connectivity index (χ1v) is 6.35. The third-order valence-corrected chi connectivity index (χ3v) is 3.86. The highest BCUT2D eigenvalue weighted by molar-refractivity contribution is 5.94. The molecule has 0 spiro atoms. The van der Waals surface area contributed by atoms with Crippen LogP contribution in [0.25, 0.3) is 0 Å². The molecule has 0 aromatic heterocycles. The maximum atomic E-state index is 12.6. The second-order valence-corrected chi connectivity index (χ2v) is 5.04. The minimum atomic E-state index is -4.10. The van der Waals surface area contributed by atoms with Gasteiger partial charge in [-0.2, -0.15) is 13.2 Å². The third-order valence-electron chi connectivity index (χ3n) is 3.86. The van der Waals surface area contributed by atoms with Crippen LogP contribution in [0.1, 0.15) is 47.5 Å². The number of rotatable bonds is 2. The Kier molecular flexibility index (Phi) is 3.83. The van der Waals surface area contributed by atoms with Crippen LogP contribution in [0.2, 0.25) is 0 Å². The Bertz CT molecular complexity index is 462. The molecule has 2 N–H and O–H groups in total. The van der Waals surface area contributed by atoms with Crippen LogP contribution in [0.5, 0.6) is 0 Å². The molecule has 0 radical (unpaired) electrons. The minimum Gasteiger partial charge on any atom is -0.366 e. The summed E-state index contributed by atoms with van der Waals surface area (Å²) in [6, 6.07) is 6.93. The summed E-state index contributed by atoms with van der Waals surface area (Å²) in [6.07, 6.45) is -2.94. The molecule has 1 saturated carbocycles. The highest BCUT2D eigenvalue weighted by atomic mass is 19.4. The fourth-order valence-electron chi connectivity index (χ4n) is 2.81. The summed E-state index contributed by atoms with van der Waals surface area (Å²) < 4.78 is 37.8. The number of halogens is 3. The molecule has 19 heavy (non-hydrogen) atoms. The van der Waals surface area contributed by atoms with Gasteiger partial charge in [0.05, 0.1) is 5.92 Å². The average molecular weight is 271 g/mol. The van der Waals surface area contributed by atoms with Gasteiger partial charge in [-0.3, -0.25) is 4.79 Å². The molecule has 5 heteroatoms. The number of carbonyl (C=O) groups is 1. The molecule has 0 unspecified atom stereocenters. The number of primary amides is 1. The molecule has 0 heterocycles. The van der Waals surface area contributed by atoms with Gasteiger partial charge in [0.2, 0.25) is 5.91 Å². The van der Waals surface area contributed by atoms with Crippen LogP contribution in [-0.4, -0.2) is 12.1 Å². The van der Waals surface area contributed by atoms with Gasteiger partial charge in [0.1, 0.15) is 0 Å². The first kappa shape index (κ1) is 13.9. The van der Waals surface area contributed by atoms with Gasteiger partial charge >= 0.3 is 6.18 Å². The monoisotopic (exact) mass is 271 g/mol. The lowest BCUT2D eigenvalue weighted by Crippen LogP contribution is -2.27. The lowest BCUT2D eigenvalue weighted by atomic mass is 9.77. The lowest BCUT2D eigenvalue weighted by Gasteiger charge is -2.30. The van der Waals surface area contributed by atoms with Gasteiger partial charge in [0.25, 0.3) is 0 Å². The molecule has 1 fully saturated rings. The van der Waals surface area contributed by atoms with E-state index in [4.69, 9.17) is 5.73 Å². The van der Waals surface area contributed by atoms with Crippen LogP contribution in [0.4, 0.5) is 13.2 Å². The highest BCUT2D eigenvalue weighted by Crippen LogP contribution is 2.43. The summed E-state index contributed by atoms with van der Waals surface area (Å²) in [4.78, 5) is 11.3. The molecule has 1 aliphatic rings. The first-order chi connectivity index (χ1) is 8.89. The van der Waals surface area contributed by atoms with Gasteiger partial charge in [-0.25, -0.2) is 0 Å². The number of benzene rings is 1. The van der Waals surface area contributed by atoms with Crippen molar-refractivity contribution in [2.75, 3.05) is 0 Å². The molecule has 1 aromatic carbocycles. The highest BCUT2D eigenvalue weighted by Gasteiger charge is 2.41. The van der Waals surface area contributed by atoms with Crippen molar-refractivity contribution in [2.24, 2.45) is 11.7 Å². The molecule has 0 atom stereocenters. The van der Waals surface area contributed by atoms with Crippen molar-refractivity contribution in [3.63, 3.8) is 0 Å². The molecule has 2 nitrogen and oxygen atoms in total. The molecule has 104 valence electrons. The summed E-state index contributed by atoms with van der Waals surface area (Å²) in [6.45, 7) is 0. The molecule has 1 amide bonds. The Morgan fingerprint density at radius 1 is 1.11 bits per heavy atom. The van der Waals surface area contributed by atoms with Gasteiger partial charge in [-0.15, -0.1) is 0 Å². The Morgan fingerprint density at radius 2 is 1.68 bits per heavy atom. The number of amides is 1. The first-order valence-electron chi connectivity index (χ1n) is 6.35. The number of nitrogens with two attached hydrogens (primary N) is 1. The number of hydrogen-bond donors (Lipinski definition) is 1. The van der Waals surface area contributed by atoms with Gasteiger partial charge in [0.15, 0.2) is 0 Å².